The lowest BCUT2D eigenvalue weighted by Gasteiger charge is -2.42. The van der Waals surface area contributed by atoms with Gasteiger partial charge in [-0.1, -0.05) is 0 Å². The second kappa shape index (κ2) is 13.2. The van der Waals surface area contributed by atoms with E-state index in [2.05, 4.69) is 5.32 Å². The molecular weight excluding hydrogens is 493 g/mol. The third kappa shape index (κ3) is 8.96. The van der Waals surface area contributed by atoms with Crippen LogP contribution in [0.1, 0.15) is 34.6 Å². The van der Waals surface area contributed by atoms with Crippen LogP contribution in [0, 0.1) is 0 Å². The van der Waals surface area contributed by atoms with Crippen LogP contribution in [-0.4, -0.2) is 81.1 Å². The van der Waals surface area contributed by atoms with Crippen molar-refractivity contribution in [1.29, 1.82) is 0 Å². The quantitative estimate of drug-likeness (QED) is 0.226. The molecule has 0 radical (unpaired) electrons. The van der Waals surface area contributed by atoms with E-state index in [0.717, 1.165) is 48.0 Å². The Morgan fingerprint density at radius 3 is 1.94 bits per heavy atom. The molecule has 14 nitrogen and oxygen atoms in total. The lowest BCUT2D eigenvalue weighted by atomic mass is 9.94. The average Bonchev–Trinajstić information content (AvgIpc) is 2.74. The first-order valence-electron chi connectivity index (χ1n) is 10.3. The van der Waals surface area contributed by atoms with Crippen molar-refractivity contribution in [2.24, 2.45) is 0 Å². The third-order valence-corrected chi connectivity index (χ3v) is 6.21. The molecule has 1 heterocycles. The fraction of sp³-hybridized carbons (Fsp3) is 0.650. The molecule has 1 N–H and O–H groups in total. The maximum absolute atomic E-state index is 13.1. The van der Waals surface area contributed by atoms with Crippen molar-refractivity contribution in [3.05, 3.63) is 11.6 Å². The highest BCUT2D eigenvalue weighted by Crippen LogP contribution is 2.57. The molecule has 35 heavy (non-hydrogen) atoms. The zero-order valence-electron chi connectivity index (χ0n) is 20.4. The molecule has 1 amide bonds. The van der Waals surface area contributed by atoms with Gasteiger partial charge in [0, 0.05) is 54.9 Å². The molecule has 15 heteroatoms. The highest BCUT2D eigenvalue weighted by atomic mass is 31.2. The first kappa shape index (κ1) is 30.1. The largest absolute Gasteiger partial charge is 0.476 e. The molecule has 0 aromatic heterocycles. The van der Waals surface area contributed by atoms with Crippen LogP contribution in [0.5, 0.6) is 0 Å². The highest BCUT2D eigenvalue weighted by Gasteiger charge is 2.51. The molecule has 5 atom stereocenters. The predicted molar refractivity (Wildman–Crippen MR) is 115 cm³/mol. The van der Waals surface area contributed by atoms with Crippen LogP contribution in [-0.2, 0) is 61.3 Å². The van der Waals surface area contributed by atoms with Gasteiger partial charge < -0.3 is 38.0 Å². The Bertz CT molecular complexity index is 893. The zero-order chi connectivity index (χ0) is 26.9. The van der Waals surface area contributed by atoms with Crippen molar-refractivity contribution in [2.75, 3.05) is 20.8 Å². The molecule has 0 saturated heterocycles. The summed E-state index contributed by atoms with van der Waals surface area (Å²) in [5.74, 6) is -3.77. The Morgan fingerprint density at radius 2 is 1.51 bits per heavy atom. The van der Waals surface area contributed by atoms with Gasteiger partial charge in [-0.15, -0.1) is 0 Å². The van der Waals surface area contributed by atoms with Gasteiger partial charge in [-0.25, -0.2) is 0 Å². The van der Waals surface area contributed by atoms with E-state index in [1.807, 2.05) is 0 Å². The van der Waals surface area contributed by atoms with E-state index < -0.39 is 79.9 Å². The number of nitrogens with one attached hydrogen (secondary N) is 1. The van der Waals surface area contributed by atoms with Gasteiger partial charge in [0.15, 0.2) is 18.3 Å². The number of carbonyl (C=O) groups is 5. The van der Waals surface area contributed by atoms with Crippen LogP contribution in [0.15, 0.2) is 11.6 Å². The molecule has 1 aliphatic heterocycles. The van der Waals surface area contributed by atoms with E-state index in [1.54, 1.807) is 0 Å². The van der Waals surface area contributed by atoms with Gasteiger partial charge in [0.1, 0.15) is 18.8 Å². The van der Waals surface area contributed by atoms with E-state index in [9.17, 15) is 28.5 Å². The summed E-state index contributed by atoms with van der Waals surface area (Å²) in [6, 6.07) is -1.25. The Labute approximate surface area is 202 Å². The van der Waals surface area contributed by atoms with Crippen LogP contribution in [0.3, 0.4) is 0 Å². The Morgan fingerprint density at radius 1 is 0.943 bits per heavy atom. The topological polar surface area (TPSA) is 179 Å². The van der Waals surface area contributed by atoms with Gasteiger partial charge in [0.2, 0.25) is 11.4 Å². The van der Waals surface area contributed by atoms with Gasteiger partial charge in [-0.3, -0.25) is 28.5 Å². The second-order valence-corrected chi connectivity index (χ2v) is 9.44. The molecule has 0 aromatic carbocycles. The molecule has 198 valence electrons. The lowest BCUT2D eigenvalue weighted by molar-refractivity contribution is -0.189. The summed E-state index contributed by atoms with van der Waals surface area (Å²) in [6.45, 7) is 4.92. The minimum Gasteiger partial charge on any atom is -0.476 e. The van der Waals surface area contributed by atoms with Crippen molar-refractivity contribution in [3.63, 3.8) is 0 Å². The molecule has 0 aromatic rings. The van der Waals surface area contributed by atoms with E-state index in [-0.39, 0.29) is 0 Å². The molecule has 0 saturated carbocycles. The number of hydrogen-bond donors (Lipinski definition) is 1. The predicted octanol–water partition coefficient (Wildman–Crippen LogP) is 0.575. The van der Waals surface area contributed by atoms with Gasteiger partial charge >= 0.3 is 31.5 Å². The number of ether oxygens (including phenoxy) is 5. The summed E-state index contributed by atoms with van der Waals surface area (Å²) < 4.78 is 49.6. The van der Waals surface area contributed by atoms with Gasteiger partial charge in [0.05, 0.1) is 0 Å². The Balaban J connectivity index is 3.72. The van der Waals surface area contributed by atoms with Crippen molar-refractivity contribution < 1.29 is 61.3 Å². The maximum atomic E-state index is 13.1. The maximum Gasteiger partial charge on any atom is 0.394 e. The summed E-state index contributed by atoms with van der Waals surface area (Å²) in [4.78, 5) is 59.0. The van der Waals surface area contributed by atoms with Crippen LogP contribution in [0.25, 0.3) is 0 Å². The smallest absolute Gasteiger partial charge is 0.394 e. The molecule has 0 unspecified atom stereocenters. The Hall–Kier alpha value is -2.96. The first-order valence-corrected chi connectivity index (χ1v) is 11.8. The van der Waals surface area contributed by atoms with E-state index >= 15 is 0 Å². The summed E-state index contributed by atoms with van der Waals surface area (Å²) in [5, 5.41) is 2.53. The summed E-state index contributed by atoms with van der Waals surface area (Å²) >= 11 is 0. The zero-order valence-corrected chi connectivity index (χ0v) is 21.3. The molecule has 0 fully saturated rings. The minimum atomic E-state index is -4.10. The number of hydrogen-bond acceptors (Lipinski definition) is 13. The average molecular weight is 523 g/mol. The van der Waals surface area contributed by atoms with Gasteiger partial charge in [-0.2, -0.15) is 0 Å². The van der Waals surface area contributed by atoms with Crippen LogP contribution in [0.4, 0.5) is 0 Å². The van der Waals surface area contributed by atoms with Crippen LogP contribution < -0.4 is 5.32 Å². The Kier molecular flexibility index (Phi) is 11.4. The van der Waals surface area contributed by atoms with Crippen molar-refractivity contribution in [3.8, 4) is 0 Å². The van der Waals surface area contributed by atoms with Crippen molar-refractivity contribution >= 4 is 37.4 Å². The van der Waals surface area contributed by atoms with Gasteiger partial charge in [-0.05, 0) is 0 Å². The molecular formula is C20H30NO13P. The molecule has 0 aliphatic carbocycles. The standard InChI is InChI=1S/C20H30NO13P/c1-10(22)21-18-15(31-12(3)24)8-17(35(27,28-6)29-7)34-20(18)19(33-14(5)26)16(32-13(4)25)9-30-11(2)23/h8,15-16,18-20H,9H2,1-7H3,(H,21,22)/t15-,16+,18+,19+,20+/m0/s1. The SMILES string of the molecule is COP(=O)(OC)C1=C[C@H](OC(C)=O)[C@@H](NC(C)=O)[C@H]([C@H](OC(C)=O)[C@@H](COC(C)=O)OC(C)=O)O1. The highest BCUT2D eigenvalue weighted by molar-refractivity contribution is 7.58. The minimum absolute atomic E-state index is 0.424. The molecule has 0 spiro atoms. The third-order valence-electron chi connectivity index (χ3n) is 4.45. The molecule has 1 rings (SSSR count). The van der Waals surface area contributed by atoms with E-state index in [1.165, 1.54) is 6.92 Å². The monoisotopic (exact) mass is 523 g/mol. The number of carbonyl (C=O) groups excluding carboxylic acids is 5. The van der Waals surface area contributed by atoms with Gasteiger partial charge in [0.25, 0.3) is 0 Å². The molecule has 0 bridgehead atoms. The normalized spacial score (nSPS) is 21.3. The summed E-state index contributed by atoms with van der Waals surface area (Å²) in [6.07, 6.45) is -4.69. The summed E-state index contributed by atoms with van der Waals surface area (Å²) in [5.41, 5.74) is -0.424. The number of rotatable bonds is 11. The van der Waals surface area contributed by atoms with E-state index in [0.29, 0.717) is 0 Å². The molecule has 1 aliphatic rings. The van der Waals surface area contributed by atoms with E-state index in [4.69, 9.17) is 32.7 Å². The lowest BCUT2D eigenvalue weighted by Crippen LogP contribution is -2.61. The van der Waals surface area contributed by atoms with Crippen LogP contribution >= 0.6 is 7.60 Å². The van der Waals surface area contributed by atoms with Crippen molar-refractivity contribution in [1.82, 2.24) is 5.32 Å². The fourth-order valence-electron chi connectivity index (χ4n) is 3.22. The summed E-state index contributed by atoms with van der Waals surface area (Å²) in [7, 11) is -1.94. The fourth-order valence-corrected chi connectivity index (χ4v) is 4.31. The second-order valence-electron chi connectivity index (χ2n) is 7.27. The first-order chi connectivity index (χ1) is 16.2. The number of amides is 1. The van der Waals surface area contributed by atoms with Crippen molar-refractivity contribution in [2.45, 2.75) is 65.1 Å². The van der Waals surface area contributed by atoms with Crippen LogP contribution in [0.2, 0.25) is 0 Å². The number of esters is 4.